The zero-order chi connectivity index (χ0) is 82.7. The predicted molar refractivity (Wildman–Crippen MR) is 424 cm³/mol. The number of hydrogen-bond acceptors (Lipinski definition) is 29. The van der Waals surface area contributed by atoms with Gasteiger partial charge in [-0.1, -0.05) is 37.3 Å². The SMILES string of the molecule is CCC(=O)Cc1ccc2c(c1)[C@@]1(C)N=C(N)N(C)S(=O)(=O)[C@@H]1CCO2.CN1C(N)=N[C@]2(C)c3cc(CC(=O)c4ccccn4)ccc3OCC[C@@H]2S1(=O)=O.Cc1cnc(C(=O)Cc2ccc3c(c2)[C@@]2(C)N=C(N)N(C)S(=O)(=O)[C@@H]2CCO3)cn1.Cc1nc(C(=O)Cc2ccc3c(c2)[C@@]2(C)N=C(N)N(C)S(=O)(=O)[C@@H]2CCO3)c(C)o1. The Kier molecular flexibility index (Phi) is 22.5. The normalized spacial score (nSPS) is 25.4. The van der Waals surface area contributed by atoms with Gasteiger partial charge in [0, 0.05) is 128 Å². The molecule has 0 amide bonds. The molecule has 8 N–H and O–H groups in total. The first-order chi connectivity index (χ1) is 53.6. The summed E-state index contributed by atoms with van der Waals surface area (Å²) in [6.07, 6.45) is 6.82. The highest BCUT2D eigenvalue weighted by atomic mass is 32.2. The Morgan fingerprint density at radius 3 is 1.07 bits per heavy atom. The van der Waals surface area contributed by atoms with Gasteiger partial charge < -0.3 is 46.3 Å². The number of carbonyl (C=O) groups is 4. The number of hydrogen-bond donors (Lipinski definition) is 4. The number of aliphatic imine (C=N–C) groups is 4. The number of aryl methyl sites for hydroxylation is 3. The van der Waals surface area contributed by atoms with E-state index in [1.54, 1.807) is 140 Å². The number of ketones is 4. The molecule has 33 nitrogen and oxygen atoms in total. The van der Waals surface area contributed by atoms with Crippen molar-refractivity contribution in [3.05, 3.63) is 189 Å². The summed E-state index contributed by atoms with van der Waals surface area (Å²) in [7, 11) is -9.14. The number of oxazole rings is 1. The average Bonchev–Trinajstić information content (AvgIpc) is 1.11. The highest BCUT2D eigenvalue weighted by Gasteiger charge is 2.57. The number of Topliss-reactive ketones (excluding diaryl/α,β-unsaturated/α-hetero) is 4. The molecule has 4 aromatic carbocycles. The molecule has 114 heavy (non-hydrogen) atoms. The van der Waals surface area contributed by atoms with Crippen LogP contribution in [0.4, 0.5) is 0 Å². The van der Waals surface area contributed by atoms with Crippen LogP contribution in [0.1, 0.15) is 160 Å². The van der Waals surface area contributed by atoms with Gasteiger partial charge in [-0.15, -0.1) is 0 Å². The maximum atomic E-state index is 13.0. The summed E-state index contributed by atoms with van der Waals surface area (Å²) >= 11 is 0. The number of pyridine rings is 1. The minimum Gasteiger partial charge on any atom is -0.493 e. The number of fused-ring (bicyclic) bond motifs is 12. The Labute approximate surface area is 662 Å². The van der Waals surface area contributed by atoms with Crippen LogP contribution >= 0.6 is 0 Å². The van der Waals surface area contributed by atoms with Crippen molar-refractivity contribution in [1.82, 2.24) is 37.2 Å². The maximum Gasteiger partial charge on any atom is 0.242 e. The number of carbonyl (C=O) groups excluding carboxylic acids is 4. The number of sulfonamides is 4. The van der Waals surface area contributed by atoms with Crippen molar-refractivity contribution in [2.24, 2.45) is 42.9 Å². The van der Waals surface area contributed by atoms with Gasteiger partial charge in [-0.3, -0.25) is 29.1 Å². The van der Waals surface area contributed by atoms with Gasteiger partial charge in [0.15, 0.2) is 23.2 Å². The van der Waals surface area contributed by atoms with E-state index in [1.807, 2.05) is 19.1 Å². The first-order valence-electron chi connectivity index (χ1n) is 36.7. The Morgan fingerprint density at radius 2 is 0.772 bits per heavy atom. The van der Waals surface area contributed by atoms with E-state index < -0.39 is 83.2 Å². The molecule has 0 aliphatic carbocycles. The van der Waals surface area contributed by atoms with E-state index in [0.717, 1.165) is 34.0 Å². The second-order valence-electron chi connectivity index (χ2n) is 29.6. The molecule has 8 atom stereocenters. The lowest BCUT2D eigenvalue weighted by atomic mass is 9.85. The molecule has 0 bridgehead atoms. The minimum absolute atomic E-state index is 0.0402. The Morgan fingerprint density at radius 1 is 0.439 bits per heavy atom. The number of guanidine groups is 4. The van der Waals surface area contributed by atoms with Gasteiger partial charge in [0.25, 0.3) is 0 Å². The van der Waals surface area contributed by atoms with Crippen LogP contribution < -0.4 is 41.9 Å². The first-order valence-corrected chi connectivity index (χ1v) is 42.7. The number of benzene rings is 4. The van der Waals surface area contributed by atoms with Crippen molar-refractivity contribution < 1.29 is 76.2 Å². The molecule has 15 rings (SSSR count). The molecule has 0 fully saturated rings. The van der Waals surface area contributed by atoms with E-state index in [9.17, 15) is 52.8 Å². The van der Waals surface area contributed by atoms with E-state index in [0.29, 0.717) is 98.7 Å². The van der Waals surface area contributed by atoms with Crippen LogP contribution in [0.5, 0.6) is 23.0 Å². The molecule has 0 radical (unpaired) electrons. The molecule has 3 aromatic heterocycles. The first kappa shape index (κ1) is 82.5. The minimum atomic E-state index is -3.71. The Bertz CT molecular complexity index is 5630. The number of ether oxygens (including phenoxy) is 4. The molecule has 37 heteroatoms. The quantitative estimate of drug-likeness (QED) is 0.110. The fourth-order valence-corrected chi connectivity index (χ4v) is 22.9. The van der Waals surface area contributed by atoms with Crippen LogP contribution in [-0.2, 0) is 92.7 Å². The molecule has 0 unspecified atom stereocenters. The molecule has 8 aliphatic rings. The van der Waals surface area contributed by atoms with Gasteiger partial charge in [-0.2, -0.15) is 0 Å². The van der Waals surface area contributed by atoms with Gasteiger partial charge in [-0.05, 0) is 124 Å². The molecule has 0 saturated heterocycles. The van der Waals surface area contributed by atoms with Crippen molar-refractivity contribution in [2.45, 2.75) is 156 Å². The second-order valence-corrected chi connectivity index (χ2v) is 38.2. The van der Waals surface area contributed by atoms with E-state index in [-0.39, 0.29) is 118 Å². The van der Waals surface area contributed by atoms with Crippen molar-refractivity contribution in [3.63, 3.8) is 0 Å². The summed E-state index contributed by atoms with van der Waals surface area (Å²) in [6, 6.07) is 26.7. The summed E-state index contributed by atoms with van der Waals surface area (Å²) in [5, 5.41) is -3.22. The standard InChI is InChI=1S/C20H23N5O4S.C20H24N4O5S.C20H22N4O4S.C17H23N3O4S/c1-12-10-23-15(11-22-12)16(26)9-13-4-5-17-14(8-13)20(2)18(6-7-29-17)30(27,28)25(3)19(21)24-20;1-11-18(22-12(2)29-11)15(25)10-13-5-6-16-14(9-13)20(3)17(7-8-28-16)30(26,27)24(4)19(21)23-20;1-20-14-11-13(12-16(25)15-5-3-4-9-22-15)6-7-17(14)28-10-8-18(20)29(26,27)24(2)19(21)23-20;1-4-12(21)9-11-5-6-14-13(10-11)17(2)15(7-8-24-14)25(22,23)20(3)16(18)19-17/h4-5,8,10-11,18H,6-7,9H2,1-3H3,(H2,21,24);5-6,9,17H,7-8,10H2,1-4H3,(H2,21,23);3-7,9,11,18H,8,10,12H2,1-2H3,(H2,21,23);5-6,10,15H,4,7-9H2,1-3H3,(H2,18,19)/t18-,20-;17-,20-;18-,20+;15-,17-/m1101/s1. The molecule has 0 spiro atoms. The Balaban J connectivity index is 0.000000141. The third-order valence-electron chi connectivity index (χ3n) is 22.1. The van der Waals surface area contributed by atoms with E-state index in [1.165, 1.54) is 34.4 Å². The number of nitrogens with two attached hydrogens (primary N) is 4. The molecular weight excluding hydrogens is 1550 g/mol. The lowest BCUT2D eigenvalue weighted by Crippen LogP contribution is -2.56. The molecule has 0 saturated carbocycles. The third kappa shape index (κ3) is 15.3. The summed E-state index contributed by atoms with van der Waals surface area (Å²) in [5.41, 5.74) is 26.5. The molecule has 606 valence electrons. The van der Waals surface area contributed by atoms with Crippen LogP contribution in [0.3, 0.4) is 0 Å². The van der Waals surface area contributed by atoms with E-state index in [2.05, 4.69) is 39.9 Å². The van der Waals surface area contributed by atoms with Crippen LogP contribution in [-0.4, -0.2) is 193 Å². The van der Waals surface area contributed by atoms with Crippen LogP contribution in [0.2, 0.25) is 0 Å². The smallest absolute Gasteiger partial charge is 0.242 e. The van der Waals surface area contributed by atoms with Crippen LogP contribution in [0, 0.1) is 20.8 Å². The van der Waals surface area contributed by atoms with Gasteiger partial charge in [0.05, 0.1) is 38.3 Å². The number of aromatic nitrogens is 4. The maximum absolute atomic E-state index is 13.0. The average molecular weight is 1640 g/mol. The van der Waals surface area contributed by atoms with Crippen LogP contribution in [0.25, 0.3) is 0 Å². The summed E-state index contributed by atoms with van der Waals surface area (Å²) in [6.45, 7) is 15.1. The van der Waals surface area contributed by atoms with E-state index in [4.69, 9.17) is 46.3 Å². The number of rotatable bonds is 12. The van der Waals surface area contributed by atoms with E-state index >= 15 is 0 Å². The predicted octanol–water partition coefficient (Wildman–Crippen LogP) is 5.47. The van der Waals surface area contributed by atoms with Gasteiger partial charge in [-0.25, -0.2) is 80.8 Å². The molecule has 11 heterocycles. The summed E-state index contributed by atoms with van der Waals surface area (Å²) in [5.74, 6) is 2.53. The summed E-state index contributed by atoms with van der Waals surface area (Å²) in [4.78, 5) is 84.5. The zero-order valence-electron chi connectivity index (χ0n) is 65.1. The molecule has 7 aromatic rings. The topological polar surface area (TPSA) is 473 Å². The fourth-order valence-electron chi connectivity index (χ4n) is 15.6. The zero-order valence-corrected chi connectivity index (χ0v) is 68.4. The van der Waals surface area contributed by atoms with Crippen molar-refractivity contribution >= 4 is 87.1 Å². The highest BCUT2D eigenvalue weighted by molar-refractivity contribution is 7.91. The number of nitrogens with zero attached hydrogens (tertiary/aromatic N) is 12. The molecule has 8 aliphatic heterocycles. The van der Waals surface area contributed by atoms with Crippen LogP contribution in [0.15, 0.2) is 134 Å². The Hall–Kier alpha value is -10.9. The third-order valence-corrected chi connectivity index (χ3v) is 31.6. The van der Waals surface area contributed by atoms with Crippen molar-refractivity contribution in [3.8, 4) is 23.0 Å². The second kappa shape index (κ2) is 31.1. The largest absolute Gasteiger partial charge is 0.493 e. The monoisotopic (exact) mass is 1640 g/mol. The fraction of sp³-hybridized carbons (Fsp3) is 0.429. The van der Waals surface area contributed by atoms with Crippen molar-refractivity contribution in [2.75, 3.05) is 54.6 Å². The lowest BCUT2D eigenvalue weighted by molar-refractivity contribution is -0.118. The van der Waals surface area contributed by atoms with Gasteiger partial charge >= 0.3 is 0 Å². The highest BCUT2D eigenvalue weighted by Crippen LogP contribution is 2.50. The van der Waals surface area contributed by atoms with Crippen molar-refractivity contribution in [1.29, 1.82) is 0 Å². The van der Waals surface area contributed by atoms with Gasteiger partial charge in [0.1, 0.15) is 94.8 Å². The lowest BCUT2D eigenvalue weighted by Gasteiger charge is -2.40. The molecular formula is C77H92N16O17S4. The summed E-state index contributed by atoms with van der Waals surface area (Å²) < 4.78 is 137. The van der Waals surface area contributed by atoms with Gasteiger partial charge in [0.2, 0.25) is 63.9 Å².